The van der Waals surface area contributed by atoms with Gasteiger partial charge in [-0.1, -0.05) is 18.2 Å². The highest BCUT2D eigenvalue weighted by Gasteiger charge is 2.10. The van der Waals surface area contributed by atoms with Gasteiger partial charge in [-0.2, -0.15) is 0 Å². The minimum absolute atomic E-state index is 0.195. The fourth-order valence-corrected chi connectivity index (χ4v) is 1.93. The van der Waals surface area contributed by atoms with E-state index in [0.29, 0.717) is 5.69 Å². The third-order valence-electron chi connectivity index (χ3n) is 2.68. The first kappa shape index (κ1) is 12.8. The highest BCUT2D eigenvalue weighted by Crippen LogP contribution is 2.20. The summed E-state index contributed by atoms with van der Waals surface area (Å²) in [7, 11) is 0. The molecule has 0 radical (unpaired) electrons. The Hall–Kier alpha value is -1.68. The maximum atomic E-state index is 12.0. The van der Waals surface area contributed by atoms with Gasteiger partial charge in [0, 0.05) is 16.4 Å². The summed E-state index contributed by atoms with van der Waals surface area (Å²) in [5.74, 6) is -0.195. The van der Waals surface area contributed by atoms with Crippen LogP contribution < -0.4 is 5.32 Å². The SMILES string of the molecule is Cc1cccc(C)c1NC(=O)c1ccc(Br)cn1. The van der Waals surface area contributed by atoms with Gasteiger partial charge in [0.1, 0.15) is 5.69 Å². The number of para-hydroxylation sites is 1. The van der Waals surface area contributed by atoms with Gasteiger partial charge in [0.05, 0.1) is 0 Å². The maximum Gasteiger partial charge on any atom is 0.274 e. The van der Waals surface area contributed by atoms with E-state index in [0.717, 1.165) is 21.3 Å². The van der Waals surface area contributed by atoms with Crippen molar-refractivity contribution in [3.63, 3.8) is 0 Å². The normalized spacial score (nSPS) is 10.2. The monoisotopic (exact) mass is 304 g/mol. The summed E-state index contributed by atoms with van der Waals surface area (Å²) in [6.07, 6.45) is 1.61. The lowest BCUT2D eigenvalue weighted by molar-refractivity contribution is 0.102. The van der Waals surface area contributed by atoms with Crippen LogP contribution in [0.3, 0.4) is 0 Å². The Morgan fingerprint density at radius 3 is 2.39 bits per heavy atom. The maximum absolute atomic E-state index is 12.0. The van der Waals surface area contributed by atoms with Crippen LogP contribution in [-0.4, -0.2) is 10.9 Å². The molecule has 18 heavy (non-hydrogen) atoms. The van der Waals surface area contributed by atoms with Gasteiger partial charge in [-0.05, 0) is 53.0 Å². The molecule has 1 heterocycles. The van der Waals surface area contributed by atoms with Crippen molar-refractivity contribution in [2.45, 2.75) is 13.8 Å². The number of aromatic nitrogens is 1. The molecule has 0 aliphatic rings. The van der Waals surface area contributed by atoms with Crippen LogP contribution in [0.15, 0.2) is 41.0 Å². The Kier molecular flexibility index (Phi) is 3.77. The number of benzene rings is 1. The molecule has 0 unspecified atom stereocenters. The van der Waals surface area contributed by atoms with Gasteiger partial charge in [0.25, 0.3) is 5.91 Å². The third kappa shape index (κ3) is 2.76. The Bertz CT molecular complexity index is 559. The summed E-state index contributed by atoms with van der Waals surface area (Å²) in [4.78, 5) is 16.1. The second-order valence-corrected chi connectivity index (χ2v) is 5.00. The van der Waals surface area contributed by atoms with Crippen LogP contribution >= 0.6 is 15.9 Å². The molecule has 3 nitrogen and oxygen atoms in total. The van der Waals surface area contributed by atoms with E-state index in [-0.39, 0.29) is 5.91 Å². The molecule has 0 atom stereocenters. The van der Waals surface area contributed by atoms with E-state index in [1.807, 2.05) is 32.0 Å². The Labute approximate surface area is 114 Å². The van der Waals surface area contributed by atoms with E-state index in [4.69, 9.17) is 0 Å². The molecule has 0 fully saturated rings. The second-order valence-electron chi connectivity index (χ2n) is 4.08. The summed E-state index contributed by atoms with van der Waals surface area (Å²) in [6.45, 7) is 3.94. The zero-order chi connectivity index (χ0) is 13.1. The van der Waals surface area contributed by atoms with Gasteiger partial charge in [-0.15, -0.1) is 0 Å². The summed E-state index contributed by atoms with van der Waals surface area (Å²) in [5, 5.41) is 2.90. The van der Waals surface area contributed by atoms with Crippen molar-refractivity contribution in [1.29, 1.82) is 0 Å². The van der Waals surface area contributed by atoms with Crippen molar-refractivity contribution in [3.05, 3.63) is 57.8 Å². The van der Waals surface area contributed by atoms with Crippen molar-refractivity contribution < 1.29 is 4.79 Å². The molecule has 4 heteroatoms. The summed E-state index contributed by atoms with van der Waals surface area (Å²) >= 11 is 3.29. The lowest BCUT2D eigenvalue weighted by Crippen LogP contribution is -2.15. The number of halogens is 1. The zero-order valence-electron chi connectivity index (χ0n) is 10.2. The van der Waals surface area contributed by atoms with Crippen molar-refractivity contribution >= 4 is 27.5 Å². The molecule has 0 saturated heterocycles. The first-order valence-electron chi connectivity index (χ1n) is 5.57. The summed E-state index contributed by atoms with van der Waals surface area (Å²) in [5.41, 5.74) is 3.34. The Balaban J connectivity index is 2.24. The highest BCUT2D eigenvalue weighted by atomic mass is 79.9. The molecule has 1 amide bonds. The van der Waals surface area contributed by atoms with Crippen LogP contribution in [0.5, 0.6) is 0 Å². The number of nitrogens with zero attached hydrogens (tertiary/aromatic N) is 1. The van der Waals surface area contributed by atoms with Gasteiger partial charge in [-0.3, -0.25) is 4.79 Å². The number of pyridine rings is 1. The van der Waals surface area contributed by atoms with Crippen molar-refractivity contribution in [1.82, 2.24) is 4.98 Å². The highest BCUT2D eigenvalue weighted by molar-refractivity contribution is 9.10. The number of rotatable bonds is 2. The van der Waals surface area contributed by atoms with E-state index in [1.54, 1.807) is 18.3 Å². The van der Waals surface area contributed by atoms with E-state index in [9.17, 15) is 4.79 Å². The fraction of sp³-hybridized carbons (Fsp3) is 0.143. The number of anilines is 1. The third-order valence-corrected chi connectivity index (χ3v) is 3.15. The number of aryl methyl sites for hydroxylation is 2. The van der Waals surface area contributed by atoms with Gasteiger partial charge in [0.15, 0.2) is 0 Å². The number of hydrogen-bond donors (Lipinski definition) is 1. The standard InChI is InChI=1S/C14H13BrN2O/c1-9-4-3-5-10(2)13(9)17-14(18)12-7-6-11(15)8-16-12/h3-8H,1-2H3,(H,17,18). The predicted molar refractivity (Wildman–Crippen MR) is 75.8 cm³/mol. The fourth-order valence-electron chi connectivity index (χ4n) is 1.70. The Morgan fingerprint density at radius 1 is 1.17 bits per heavy atom. The molecule has 1 N–H and O–H groups in total. The number of hydrogen-bond acceptors (Lipinski definition) is 2. The van der Waals surface area contributed by atoms with Gasteiger partial charge < -0.3 is 5.32 Å². The first-order chi connectivity index (χ1) is 8.58. The van der Waals surface area contributed by atoms with Crippen molar-refractivity contribution in [2.75, 3.05) is 5.32 Å². The van der Waals surface area contributed by atoms with E-state index in [1.165, 1.54) is 0 Å². The zero-order valence-corrected chi connectivity index (χ0v) is 11.8. The van der Waals surface area contributed by atoms with Crippen LogP contribution in [0.25, 0.3) is 0 Å². The lowest BCUT2D eigenvalue weighted by Gasteiger charge is -2.10. The number of carbonyl (C=O) groups is 1. The Morgan fingerprint density at radius 2 is 1.83 bits per heavy atom. The smallest absolute Gasteiger partial charge is 0.274 e. The average molecular weight is 305 g/mol. The van der Waals surface area contributed by atoms with Crippen molar-refractivity contribution in [3.8, 4) is 0 Å². The second kappa shape index (κ2) is 5.31. The number of amides is 1. The summed E-state index contributed by atoms with van der Waals surface area (Å²) in [6, 6.07) is 9.40. The number of carbonyl (C=O) groups excluding carboxylic acids is 1. The molecule has 2 rings (SSSR count). The topological polar surface area (TPSA) is 42.0 Å². The molecule has 1 aromatic carbocycles. The van der Waals surface area contributed by atoms with Crippen molar-refractivity contribution in [2.24, 2.45) is 0 Å². The predicted octanol–water partition coefficient (Wildman–Crippen LogP) is 3.71. The van der Waals surface area contributed by atoms with Crippen LogP contribution in [0.2, 0.25) is 0 Å². The van der Waals surface area contributed by atoms with E-state index < -0.39 is 0 Å². The average Bonchev–Trinajstić information content (AvgIpc) is 2.34. The minimum atomic E-state index is -0.195. The minimum Gasteiger partial charge on any atom is -0.320 e. The largest absolute Gasteiger partial charge is 0.320 e. The molecule has 1 aromatic heterocycles. The molecule has 0 bridgehead atoms. The van der Waals surface area contributed by atoms with Gasteiger partial charge >= 0.3 is 0 Å². The van der Waals surface area contributed by atoms with Crippen LogP contribution in [0, 0.1) is 13.8 Å². The van der Waals surface area contributed by atoms with Gasteiger partial charge in [0.2, 0.25) is 0 Å². The van der Waals surface area contributed by atoms with Crippen LogP contribution in [0.1, 0.15) is 21.6 Å². The molecular weight excluding hydrogens is 292 g/mol. The number of nitrogens with one attached hydrogen (secondary N) is 1. The summed E-state index contributed by atoms with van der Waals surface area (Å²) < 4.78 is 0.853. The van der Waals surface area contributed by atoms with E-state index in [2.05, 4.69) is 26.2 Å². The van der Waals surface area contributed by atoms with Crippen LogP contribution in [-0.2, 0) is 0 Å². The molecule has 0 saturated carbocycles. The lowest BCUT2D eigenvalue weighted by atomic mass is 10.1. The molecule has 0 aliphatic carbocycles. The molecule has 0 aliphatic heterocycles. The van der Waals surface area contributed by atoms with Gasteiger partial charge in [-0.25, -0.2) is 4.98 Å². The molecular formula is C14H13BrN2O. The van der Waals surface area contributed by atoms with E-state index >= 15 is 0 Å². The molecule has 2 aromatic rings. The quantitative estimate of drug-likeness (QED) is 0.919. The first-order valence-corrected chi connectivity index (χ1v) is 6.36. The molecule has 0 spiro atoms. The van der Waals surface area contributed by atoms with Crippen LogP contribution in [0.4, 0.5) is 5.69 Å². The molecule has 92 valence electrons.